The zero-order chi connectivity index (χ0) is 18.1. The third kappa shape index (κ3) is 4.02. The van der Waals surface area contributed by atoms with E-state index in [0.29, 0.717) is 5.41 Å². The van der Waals surface area contributed by atoms with Gasteiger partial charge in [-0.25, -0.2) is 4.39 Å². The summed E-state index contributed by atoms with van der Waals surface area (Å²) in [5.41, 5.74) is 3.46. The molecule has 2 saturated heterocycles. The molecule has 0 saturated carbocycles. The third-order valence-electron chi connectivity index (χ3n) is 6.03. The Morgan fingerprint density at radius 2 is 1.70 bits per heavy atom. The molecular formula is C22H26ClFN2O. The van der Waals surface area contributed by atoms with Gasteiger partial charge in [-0.3, -0.25) is 4.79 Å². The van der Waals surface area contributed by atoms with Gasteiger partial charge in [-0.1, -0.05) is 35.9 Å². The van der Waals surface area contributed by atoms with E-state index in [0.717, 1.165) is 50.1 Å². The van der Waals surface area contributed by atoms with Gasteiger partial charge in [0.2, 0.25) is 0 Å². The van der Waals surface area contributed by atoms with E-state index in [4.69, 9.17) is 0 Å². The molecule has 5 heteroatoms. The molecule has 2 fully saturated rings. The first-order chi connectivity index (χ1) is 12.6. The summed E-state index contributed by atoms with van der Waals surface area (Å²) in [7, 11) is 0. The number of nitrogens with zero attached hydrogens (tertiary/aromatic N) is 1. The highest BCUT2D eigenvalue weighted by molar-refractivity contribution is 5.95. The van der Waals surface area contributed by atoms with Crippen LogP contribution < -0.4 is 5.32 Å². The minimum absolute atomic E-state index is 0. The first-order valence-corrected chi connectivity index (χ1v) is 9.43. The zero-order valence-electron chi connectivity index (χ0n) is 15.6. The molecule has 0 unspecified atom stereocenters. The third-order valence-corrected chi connectivity index (χ3v) is 6.03. The molecule has 1 spiro atoms. The van der Waals surface area contributed by atoms with Crippen LogP contribution in [0.5, 0.6) is 0 Å². The Bertz CT molecular complexity index is 806. The van der Waals surface area contributed by atoms with Crippen LogP contribution in [0.4, 0.5) is 4.39 Å². The number of likely N-dealkylation sites (tertiary alicyclic amines) is 1. The number of amides is 1. The van der Waals surface area contributed by atoms with Crippen LogP contribution in [0.1, 0.15) is 35.2 Å². The number of hydrogen-bond donors (Lipinski definition) is 1. The van der Waals surface area contributed by atoms with E-state index in [9.17, 15) is 9.18 Å². The number of carbonyl (C=O) groups is 1. The fourth-order valence-corrected chi connectivity index (χ4v) is 4.19. The van der Waals surface area contributed by atoms with Gasteiger partial charge in [0.05, 0.1) is 5.56 Å². The molecule has 0 aromatic heterocycles. The summed E-state index contributed by atoms with van der Waals surface area (Å²) in [6.07, 6.45) is 3.21. The topological polar surface area (TPSA) is 32.3 Å². The average molecular weight is 389 g/mol. The summed E-state index contributed by atoms with van der Waals surface area (Å²) in [6.45, 7) is 5.59. The van der Waals surface area contributed by atoms with Crippen LogP contribution in [0.2, 0.25) is 0 Å². The number of rotatable bonds is 2. The van der Waals surface area contributed by atoms with Gasteiger partial charge in [0, 0.05) is 19.6 Å². The van der Waals surface area contributed by atoms with Crippen LogP contribution >= 0.6 is 12.4 Å². The Kier molecular flexibility index (Phi) is 5.87. The van der Waals surface area contributed by atoms with E-state index in [1.54, 1.807) is 6.07 Å². The number of nitrogens with one attached hydrogen (secondary N) is 1. The van der Waals surface area contributed by atoms with E-state index >= 15 is 0 Å². The van der Waals surface area contributed by atoms with Crippen LogP contribution in [0.3, 0.4) is 0 Å². The monoisotopic (exact) mass is 388 g/mol. The first kappa shape index (κ1) is 19.8. The number of carbonyl (C=O) groups excluding carboxylic acids is 1. The molecule has 3 nitrogen and oxygen atoms in total. The molecule has 0 bridgehead atoms. The van der Waals surface area contributed by atoms with Crippen molar-refractivity contribution in [3.63, 3.8) is 0 Å². The van der Waals surface area contributed by atoms with Crippen molar-refractivity contribution in [2.75, 3.05) is 26.2 Å². The van der Waals surface area contributed by atoms with Gasteiger partial charge in [0.15, 0.2) is 0 Å². The largest absolute Gasteiger partial charge is 0.339 e. The SMILES string of the molecule is Cc1ccc(-c2ccc(C(=O)N3CCC4(CCNC4)CC3)c(F)c2)cc1.Cl. The van der Waals surface area contributed by atoms with Crippen molar-refractivity contribution in [2.45, 2.75) is 26.2 Å². The standard InChI is InChI=1S/C22H25FN2O.ClH/c1-16-2-4-17(5-3-16)18-6-7-19(20(23)14-18)21(26)25-12-9-22(10-13-25)8-11-24-15-22;/h2-7,14,24H,8-13,15H2,1H3;1H. The second-order valence-electron chi connectivity index (χ2n) is 7.78. The summed E-state index contributed by atoms with van der Waals surface area (Å²) >= 11 is 0. The van der Waals surface area contributed by atoms with E-state index in [1.165, 1.54) is 18.1 Å². The van der Waals surface area contributed by atoms with E-state index in [1.807, 2.05) is 42.2 Å². The lowest BCUT2D eigenvalue weighted by atomic mass is 9.78. The van der Waals surface area contributed by atoms with Gasteiger partial charge in [-0.15, -0.1) is 12.4 Å². The smallest absolute Gasteiger partial charge is 0.256 e. The Morgan fingerprint density at radius 3 is 2.30 bits per heavy atom. The van der Waals surface area contributed by atoms with Gasteiger partial charge >= 0.3 is 0 Å². The van der Waals surface area contributed by atoms with Crippen molar-refractivity contribution in [1.82, 2.24) is 10.2 Å². The number of aryl methyl sites for hydroxylation is 1. The minimum atomic E-state index is -0.434. The predicted octanol–water partition coefficient (Wildman–Crippen LogP) is 4.44. The molecule has 2 heterocycles. The summed E-state index contributed by atoms with van der Waals surface area (Å²) in [4.78, 5) is 14.6. The summed E-state index contributed by atoms with van der Waals surface area (Å²) in [5, 5.41) is 3.43. The average Bonchev–Trinajstić information content (AvgIpc) is 3.10. The Balaban J connectivity index is 0.00000210. The molecule has 0 aliphatic carbocycles. The van der Waals surface area contributed by atoms with Crippen LogP contribution in [0.15, 0.2) is 42.5 Å². The maximum Gasteiger partial charge on any atom is 0.256 e. The van der Waals surface area contributed by atoms with Crippen molar-refractivity contribution in [3.05, 3.63) is 59.4 Å². The fourth-order valence-electron chi connectivity index (χ4n) is 4.19. The minimum Gasteiger partial charge on any atom is -0.339 e. The molecular weight excluding hydrogens is 363 g/mol. The van der Waals surface area contributed by atoms with Crippen molar-refractivity contribution in [3.8, 4) is 11.1 Å². The van der Waals surface area contributed by atoms with E-state index < -0.39 is 5.82 Å². The maximum absolute atomic E-state index is 14.7. The second kappa shape index (κ2) is 7.99. The Morgan fingerprint density at radius 1 is 1.04 bits per heavy atom. The lowest BCUT2D eigenvalue weighted by molar-refractivity contribution is 0.0603. The van der Waals surface area contributed by atoms with Crippen LogP contribution in [0.25, 0.3) is 11.1 Å². The number of piperidine rings is 1. The number of hydrogen-bond acceptors (Lipinski definition) is 2. The first-order valence-electron chi connectivity index (χ1n) is 9.43. The molecule has 0 radical (unpaired) electrons. The van der Waals surface area contributed by atoms with E-state index in [2.05, 4.69) is 5.32 Å². The van der Waals surface area contributed by atoms with Crippen molar-refractivity contribution in [1.29, 1.82) is 0 Å². The molecule has 2 aliphatic heterocycles. The molecule has 144 valence electrons. The highest BCUT2D eigenvalue weighted by Crippen LogP contribution is 2.37. The molecule has 0 atom stereocenters. The van der Waals surface area contributed by atoms with Crippen molar-refractivity contribution >= 4 is 18.3 Å². The summed E-state index contributed by atoms with van der Waals surface area (Å²) in [6, 6.07) is 12.9. The predicted molar refractivity (Wildman–Crippen MR) is 109 cm³/mol. The number of benzene rings is 2. The Hall–Kier alpha value is -1.91. The molecule has 2 aliphatic rings. The molecule has 2 aromatic rings. The highest BCUT2D eigenvalue weighted by Gasteiger charge is 2.38. The molecule has 2 aromatic carbocycles. The summed E-state index contributed by atoms with van der Waals surface area (Å²) in [5.74, 6) is -0.616. The fraction of sp³-hybridized carbons (Fsp3) is 0.409. The Labute approximate surface area is 166 Å². The lowest BCUT2D eigenvalue weighted by Gasteiger charge is -2.39. The lowest BCUT2D eigenvalue weighted by Crippen LogP contribution is -2.44. The molecule has 1 N–H and O–H groups in total. The quantitative estimate of drug-likeness (QED) is 0.824. The van der Waals surface area contributed by atoms with Gasteiger partial charge in [0.25, 0.3) is 5.91 Å². The number of halogens is 2. The maximum atomic E-state index is 14.7. The highest BCUT2D eigenvalue weighted by atomic mass is 35.5. The van der Waals surface area contributed by atoms with E-state index in [-0.39, 0.29) is 23.9 Å². The molecule has 4 rings (SSSR count). The summed E-state index contributed by atoms with van der Waals surface area (Å²) < 4.78 is 14.7. The van der Waals surface area contributed by atoms with Gasteiger partial charge in [0.1, 0.15) is 5.82 Å². The van der Waals surface area contributed by atoms with Crippen molar-refractivity contribution < 1.29 is 9.18 Å². The van der Waals surface area contributed by atoms with Crippen LogP contribution in [-0.2, 0) is 0 Å². The second-order valence-corrected chi connectivity index (χ2v) is 7.78. The van der Waals surface area contributed by atoms with Gasteiger partial charge in [-0.2, -0.15) is 0 Å². The van der Waals surface area contributed by atoms with Gasteiger partial charge < -0.3 is 10.2 Å². The molecule has 1 amide bonds. The van der Waals surface area contributed by atoms with Gasteiger partial charge in [-0.05, 0) is 61.4 Å². The normalized spacial score (nSPS) is 18.4. The zero-order valence-corrected chi connectivity index (χ0v) is 16.4. The molecule has 27 heavy (non-hydrogen) atoms. The van der Waals surface area contributed by atoms with Crippen LogP contribution in [0, 0.1) is 18.2 Å². The van der Waals surface area contributed by atoms with Crippen molar-refractivity contribution in [2.24, 2.45) is 5.41 Å². The van der Waals surface area contributed by atoms with Crippen LogP contribution in [-0.4, -0.2) is 37.0 Å².